The summed E-state index contributed by atoms with van der Waals surface area (Å²) in [5, 5.41) is 20.2. The summed E-state index contributed by atoms with van der Waals surface area (Å²) in [4.78, 5) is 36.2. The molecule has 7 heteroatoms. The van der Waals surface area contributed by atoms with Crippen molar-refractivity contribution in [2.75, 3.05) is 6.61 Å². The summed E-state index contributed by atoms with van der Waals surface area (Å²) >= 11 is 0. The van der Waals surface area contributed by atoms with Gasteiger partial charge < -0.3 is 19.7 Å². The first kappa shape index (κ1) is 17.1. The van der Waals surface area contributed by atoms with Crippen molar-refractivity contribution in [3.8, 4) is 0 Å². The first-order valence-electron chi connectivity index (χ1n) is 8.09. The van der Waals surface area contributed by atoms with Gasteiger partial charge in [-0.1, -0.05) is 19.9 Å². The Morgan fingerprint density at radius 3 is 2.71 bits per heavy atom. The van der Waals surface area contributed by atoms with Gasteiger partial charge in [0, 0.05) is 24.2 Å². The number of hydrogen-bond acceptors (Lipinski definition) is 7. The van der Waals surface area contributed by atoms with E-state index in [1.807, 2.05) is 6.92 Å². The normalized spacial score (nSPS) is 47.0. The number of carbonyl (C=O) groups excluding carboxylic acids is 3. The van der Waals surface area contributed by atoms with E-state index in [-0.39, 0.29) is 24.0 Å². The Bertz CT molecular complexity index is 626. The Morgan fingerprint density at radius 1 is 1.46 bits per heavy atom. The van der Waals surface area contributed by atoms with Gasteiger partial charge in [0.15, 0.2) is 11.4 Å². The van der Waals surface area contributed by atoms with E-state index < -0.39 is 47.7 Å². The predicted octanol–water partition coefficient (Wildman–Crippen LogP) is -0.0157. The smallest absolute Gasteiger partial charge is 0.341 e. The standard InChI is InChI=1S/C17H22O7/c1-8-10-4-5-12(20)16(10,3)6-11-14(13(8)23-9(2)19)24-15(21)17(11,22)7-18/h4-5,8,10-11,13-14,18,22H,6-7H2,1-3H3. The maximum atomic E-state index is 12.5. The molecule has 0 aromatic rings. The molecule has 0 amide bonds. The van der Waals surface area contributed by atoms with Crippen LogP contribution in [0.5, 0.6) is 0 Å². The van der Waals surface area contributed by atoms with Gasteiger partial charge in [-0.3, -0.25) is 9.59 Å². The third-order valence-corrected chi connectivity index (χ3v) is 5.96. The van der Waals surface area contributed by atoms with Crippen LogP contribution in [-0.2, 0) is 23.9 Å². The molecule has 24 heavy (non-hydrogen) atoms. The van der Waals surface area contributed by atoms with Crippen molar-refractivity contribution >= 4 is 17.7 Å². The molecule has 132 valence electrons. The molecule has 1 saturated heterocycles. The molecule has 0 aromatic carbocycles. The van der Waals surface area contributed by atoms with Crippen LogP contribution in [0, 0.1) is 23.2 Å². The zero-order chi connectivity index (χ0) is 17.9. The van der Waals surface area contributed by atoms with Crippen LogP contribution < -0.4 is 0 Å². The summed E-state index contributed by atoms with van der Waals surface area (Å²) in [7, 11) is 0. The predicted molar refractivity (Wildman–Crippen MR) is 80.5 cm³/mol. The fourth-order valence-corrected chi connectivity index (χ4v) is 4.57. The second kappa shape index (κ2) is 5.39. The molecule has 1 heterocycles. The lowest BCUT2D eigenvalue weighted by atomic mass is 9.68. The third-order valence-electron chi connectivity index (χ3n) is 5.96. The van der Waals surface area contributed by atoms with Crippen LogP contribution >= 0.6 is 0 Å². The molecular formula is C17H22O7. The SMILES string of the molecule is CC(=O)OC1C(C)C2C=CC(=O)C2(C)CC2C1OC(=O)C2(O)CO. The van der Waals surface area contributed by atoms with Crippen molar-refractivity contribution < 1.29 is 34.1 Å². The first-order valence-corrected chi connectivity index (χ1v) is 8.09. The van der Waals surface area contributed by atoms with E-state index in [2.05, 4.69) is 0 Å². The summed E-state index contributed by atoms with van der Waals surface area (Å²) < 4.78 is 10.7. The number of allylic oxidation sites excluding steroid dienone is 2. The number of carbonyl (C=O) groups is 3. The number of ether oxygens (including phenoxy) is 2. The molecule has 7 unspecified atom stereocenters. The molecular weight excluding hydrogens is 316 g/mol. The van der Waals surface area contributed by atoms with Crippen LogP contribution in [0.4, 0.5) is 0 Å². The number of aliphatic hydroxyl groups is 2. The zero-order valence-electron chi connectivity index (χ0n) is 13.9. The van der Waals surface area contributed by atoms with E-state index in [0.29, 0.717) is 0 Å². The molecule has 3 aliphatic rings. The van der Waals surface area contributed by atoms with Crippen molar-refractivity contribution in [2.24, 2.45) is 23.2 Å². The van der Waals surface area contributed by atoms with Gasteiger partial charge in [0.25, 0.3) is 0 Å². The van der Waals surface area contributed by atoms with Crippen LogP contribution in [0.25, 0.3) is 0 Å². The fourth-order valence-electron chi connectivity index (χ4n) is 4.57. The van der Waals surface area contributed by atoms with E-state index in [1.165, 1.54) is 13.0 Å². The van der Waals surface area contributed by atoms with E-state index in [4.69, 9.17) is 9.47 Å². The minimum atomic E-state index is -2.09. The zero-order valence-corrected chi connectivity index (χ0v) is 13.9. The van der Waals surface area contributed by atoms with Crippen LogP contribution in [0.3, 0.4) is 0 Å². The summed E-state index contributed by atoms with van der Waals surface area (Å²) in [6, 6.07) is 0. The topological polar surface area (TPSA) is 110 Å². The van der Waals surface area contributed by atoms with Crippen LogP contribution in [0.1, 0.15) is 27.2 Å². The van der Waals surface area contributed by atoms with Gasteiger partial charge in [0.05, 0.1) is 6.61 Å². The fraction of sp³-hybridized carbons (Fsp3) is 0.706. The average molecular weight is 338 g/mol. The molecule has 0 bridgehead atoms. The quantitative estimate of drug-likeness (QED) is 0.681. The second-order valence-corrected chi connectivity index (χ2v) is 7.36. The third kappa shape index (κ3) is 2.14. The highest BCUT2D eigenvalue weighted by molar-refractivity contribution is 5.98. The van der Waals surface area contributed by atoms with Gasteiger partial charge in [-0.15, -0.1) is 0 Å². The number of rotatable bonds is 2. The molecule has 7 atom stereocenters. The maximum Gasteiger partial charge on any atom is 0.341 e. The summed E-state index contributed by atoms with van der Waals surface area (Å²) in [5.41, 5.74) is -2.93. The summed E-state index contributed by atoms with van der Waals surface area (Å²) in [5.74, 6) is -2.89. The van der Waals surface area contributed by atoms with Crippen molar-refractivity contribution in [3.05, 3.63) is 12.2 Å². The van der Waals surface area contributed by atoms with Gasteiger partial charge in [-0.2, -0.15) is 0 Å². The Hall–Kier alpha value is -1.73. The highest BCUT2D eigenvalue weighted by Gasteiger charge is 2.65. The van der Waals surface area contributed by atoms with Crippen LogP contribution in [0.15, 0.2) is 12.2 Å². The summed E-state index contributed by atoms with van der Waals surface area (Å²) in [6.07, 6.45) is 1.78. The molecule has 2 aliphatic carbocycles. The number of esters is 2. The van der Waals surface area contributed by atoms with Crippen molar-refractivity contribution in [1.29, 1.82) is 0 Å². The highest BCUT2D eigenvalue weighted by atomic mass is 16.6. The van der Waals surface area contributed by atoms with Gasteiger partial charge >= 0.3 is 11.9 Å². The molecule has 3 rings (SSSR count). The van der Waals surface area contributed by atoms with Gasteiger partial charge in [0.2, 0.25) is 0 Å². The lowest BCUT2D eigenvalue weighted by molar-refractivity contribution is -0.168. The number of fused-ring (bicyclic) bond motifs is 2. The largest absolute Gasteiger partial charge is 0.458 e. The molecule has 0 aromatic heterocycles. The Morgan fingerprint density at radius 2 is 2.12 bits per heavy atom. The highest BCUT2D eigenvalue weighted by Crippen LogP contribution is 2.54. The first-order chi connectivity index (χ1) is 11.1. The van der Waals surface area contributed by atoms with Crippen LogP contribution in [0.2, 0.25) is 0 Å². The molecule has 1 saturated carbocycles. The molecule has 1 aliphatic heterocycles. The molecule has 0 radical (unpaired) electrons. The monoisotopic (exact) mass is 338 g/mol. The van der Waals surface area contributed by atoms with E-state index >= 15 is 0 Å². The van der Waals surface area contributed by atoms with Crippen molar-refractivity contribution in [2.45, 2.75) is 45.0 Å². The molecule has 0 spiro atoms. The lowest BCUT2D eigenvalue weighted by Gasteiger charge is -2.35. The Labute approximate surface area is 139 Å². The number of hydrogen-bond donors (Lipinski definition) is 2. The van der Waals surface area contributed by atoms with Crippen molar-refractivity contribution in [3.63, 3.8) is 0 Å². The number of ketones is 1. The minimum Gasteiger partial charge on any atom is -0.458 e. The Kier molecular flexibility index (Phi) is 3.84. The molecule has 2 N–H and O–H groups in total. The van der Waals surface area contributed by atoms with E-state index in [0.717, 1.165) is 0 Å². The van der Waals surface area contributed by atoms with Crippen molar-refractivity contribution in [1.82, 2.24) is 0 Å². The minimum absolute atomic E-state index is 0.0961. The molecule has 2 fully saturated rings. The van der Waals surface area contributed by atoms with E-state index in [1.54, 1.807) is 13.0 Å². The lowest BCUT2D eigenvalue weighted by Crippen LogP contribution is -2.48. The van der Waals surface area contributed by atoms with Gasteiger partial charge in [-0.05, 0) is 18.4 Å². The average Bonchev–Trinajstić information content (AvgIpc) is 2.91. The van der Waals surface area contributed by atoms with E-state index in [9.17, 15) is 24.6 Å². The van der Waals surface area contributed by atoms with Gasteiger partial charge in [0.1, 0.15) is 12.2 Å². The maximum absolute atomic E-state index is 12.5. The molecule has 7 nitrogen and oxygen atoms in total. The summed E-state index contributed by atoms with van der Waals surface area (Å²) in [6.45, 7) is 4.07. The van der Waals surface area contributed by atoms with Crippen LogP contribution in [-0.4, -0.2) is 52.4 Å². The Balaban J connectivity index is 2.10. The second-order valence-electron chi connectivity index (χ2n) is 7.36. The number of aliphatic hydroxyl groups excluding tert-OH is 1. The van der Waals surface area contributed by atoms with Gasteiger partial charge in [-0.25, -0.2) is 4.79 Å².